The molecule has 12 atom stereocenters. The lowest BCUT2D eigenvalue weighted by Crippen LogP contribution is -2.50. The van der Waals surface area contributed by atoms with Gasteiger partial charge in [-0.1, -0.05) is 45.8 Å². The Labute approximate surface area is 189 Å². The summed E-state index contributed by atoms with van der Waals surface area (Å²) in [6.45, 7) is 10.3. The maximum absolute atomic E-state index is 10.3. The van der Waals surface area contributed by atoms with Gasteiger partial charge in [-0.25, -0.2) is 0 Å². The fourth-order valence-electron chi connectivity index (χ4n) is 11.5. The number of fused-ring (bicyclic) bond motifs is 6. The molecule has 31 heavy (non-hydrogen) atoms. The molecule has 1 saturated heterocycles. The van der Waals surface area contributed by atoms with Crippen LogP contribution in [0.1, 0.15) is 98.3 Å². The summed E-state index contributed by atoms with van der Waals surface area (Å²) in [6.07, 6.45) is 17.3. The maximum Gasteiger partial charge on any atom is 0.0774 e. The average molecular weight is 425 g/mol. The van der Waals surface area contributed by atoms with Gasteiger partial charge >= 0.3 is 0 Å². The number of allylic oxidation sites excluding steroid dienone is 1. The molecule has 2 spiro atoms. The largest absolute Gasteiger partial charge is 0.393 e. The third kappa shape index (κ3) is 2.20. The van der Waals surface area contributed by atoms with E-state index < -0.39 is 0 Å². The monoisotopic (exact) mass is 424 g/mol. The lowest BCUT2D eigenvalue weighted by Gasteiger charge is -2.50. The molecule has 2 unspecified atom stereocenters. The van der Waals surface area contributed by atoms with Crippen molar-refractivity contribution in [3.8, 4) is 0 Å². The third-order valence-corrected chi connectivity index (χ3v) is 13.2. The molecule has 0 amide bonds. The summed E-state index contributed by atoms with van der Waals surface area (Å²) < 4.78 is 7.29. The van der Waals surface area contributed by atoms with Crippen LogP contribution in [-0.2, 0) is 4.74 Å². The van der Waals surface area contributed by atoms with E-state index in [2.05, 4.69) is 33.8 Å². The molecule has 172 valence electrons. The predicted molar refractivity (Wildman–Crippen MR) is 123 cm³/mol. The lowest BCUT2D eigenvalue weighted by atomic mass is 9.56. The summed E-state index contributed by atoms with van der Waals surface area (Å²) in [5, 5.41) is 10.3. The molecule has 0 aromatic heterocycles. The number of ether oxygens (including phenoxy) is 1. The van der Waals surface area contributed by atoms with Gasteiger partial charge in [-0.05, 0) is 111 Å². The van der Waals surface area contributed by atoms with Gasteiger partial charge in [0.05, 0.1) is 17.8 Å². The van der Waals surface area contributed by atoms with Crippen LogP contribution in [0.5, 0.6) is 0 Å². The summed E-state index contributed by atoms with van der Waals surface area (Å²) in [4.78, 5) is 0. The summed E-state index contributed by atoms with van der Waals surface area (Å²) in [5.41, 5.74) is 3.10. The highest BCUT2D eigenvalue weighted by atomic mass is 16.5. The van der Waals surface area contributed by atoms with Crippen LogP contribution < -0.4 is 0 Å². The van der Waals surface area contributed by atoms with Crippen molar-refractivity contribution >= 4 is 0 Å². The zero-order valence-electron chi connectivity index (χ0n) is 20.3. The molecule has 2 nitrogen and oxygen atoms in total. The minimum Gasteiger partial charge on any atom is -0.393 e. The zero-order chi connectivity index (χ0) is 21.4. The molecule has 7 aliphatic rings. The minimum absolute atomic E-state index is 0.0920. The molecule has 2 heteroatoms. The van der Waals surface area contributed by atoms with E-state index in [-0.39, 0.29) is 11.7 Å². The molecule has 0 aromatic rings. The second-order valence-electron chi connectivity index (χ2n) is 14.0. The topological polar surface area (TPSA) is 29.5 Å². The quantitative estimate of drug-likeness (QED) is 0.449. The van der Waals surface area contributed by atoms with E-state index in [4.69, 9.17) is 4.74 Å². The van der Waals surface area contributed by atoms with Crippen LogP contribution in [0.15, 0.2) is 11.6 Å². The fraction of sp³-hybridized carbons (Fsp3) is 0.931. The second-order valence-corrected chi connectivity index (χ2v) is 14.0. The van der Waals surface area contributed by atoms with Gasteiger partial charge in [0.25, 0.3) is 0 Å². The van der Waals surface area contributed by atoms with E-state index in [0.29, 0.717) is 22.3 Å². The predicted octanol–water partition coefficient (Wildman–Crippen LogP) is 6.52. The molecular formula is C29H44O2. The van der Waals surface area contributed by atoms with Gasteiger partial charge in [0.2, 0.25) is 0 Å². The van der Waals surface area contributed by atoms with Gasteiger partial charge in [-0.3, -0.25) is 0 Å². The average Bonchev–Trinajstić information content (AvgIpc) is 3.08. The Kier molecular flexibility index (Phi) is 3.89. The van der Waals surface area contributed by atoms with Crippen LogP contribution in [0.4, 0.5) is 0 Å². The number of aliphatic hydroxyl groups excluding tert-OH is 1. The number of rotatable bonds is 0. The first-order valence-electron chi connectivity index (χ1n) is 13.8. The summed E-state index contributed by atoms with van der Waals surface area (Å²) in [7, 11) is 0. The van der Waals surface area contributed by atoms with Crippen LogP contribution in [-0.4, -0.2) is 22.9 Å². The van der Waals surface area contributed by atoms with Crippen LogP contribution >= 0.6 is 0 Å². The second kappa shape index (κ2) is 6.01. The first-order valence-corrected chi connectivity index (χ1v) is 13.8. The molecule has 6 fully saturated rings. The SMILES string of the molecule is C[C@@H]1CC[C@H]2[C@@H](C)[C@@]3(CC[C@H]4[C@@H]5CC=C6C[C@@H](O)CC[C@]6(C)[C@H]5CC45CC53C)O[C@@H]2C1. The Hall–Kier alpha value is -0.340. The molecule has 0 bridgehead atoms. The van der Waals surface area contributed by atoms with Gasteiger partial charge in [-0.2, -0.15) is 0 Å². The highest BCUT2D eigenvalue weighted by molar-refractivity contribution is 5.35. The third-order valence-electron chi connectivity index (χ3n) is 13.2. The number of hydrogen-bond donors (Lipinski definition) is 1. The highest BCUT2D eigenvalue weighted by Crippen LogP contribution is 2.87. The molecule has 1 aliphatic heterocycles. The van der Waals surface area contributed by atoms with Gasteiger partial charge in [0, 0.05) is 5.41 Å². The molecule has 1 N–H and O–H groups in total. The fourth-order valence-corrected chi connectivity index (χ4v) is 11.5. The molecule has 0 aromatic carbocycles. The maximum atomic E-state index is 10.3. The summed E-state index contributed by atoms with van der Waals surface area (Å²) in [5.74, 6) is 5.07. The Bertz CT molecular complexity index is 833. The van der Waals surface area contributed by atoms with E-state index >= 15 is 0 Å². The van der Waals surface area contributed by atoms with Crippen molar-refractivity contribution in [2.45, 2.75) is 116 Å². The van der Waals surface area contributed by atoms with Crippen LogP contribution in [0.25, 0.3) is 0 Å². The van der Waals surface area contributed by atoms with Gasteiger partial charge in [-0.15, -0.1) is 0 Å². The highest BCUT2D eigenvalue weighted by Gasteiger charge is 2.84. The van der Waals surface area contributed by atoms with E-state index in [1.807, 2.05) is 0 Å². The molecule has 5 saturated carbocycles. The van der Waals surface area contributed by atoms with Crippen molar-refractivity contribution < 1.29 is 9.84 Å². The molecule has 1 heterocycles. The first-order chi connectivity index (χ1) is 14.7. The van der Waals surface area contributed by atoms with E-state index in [0.717, 1.165) is 48.3 Å². The molecule has 0 radical (unpaired) electrons. The van der Waals surface area contributed by atoms with Crippen molar-refractivity contribution in [2.75, 3.05) is 0 Å². The van der Waals surface area contributed by atoms with Crippen LogP contribution in [0.2, 0.25) is 0 Å². The van der Waals surface area contributed by atoms with Gasteiger partial charge in [0.15, 0.2) is 0 Å². The van der Waals surface area contributed by atoms with Crippen LogP contribution in [0.3, 0.4) is 0 Å². The number of aliphatic hydroxyl groups is 1. The Morgan fingerprint density at radius 1 is 1.00 bits per heavy atom. The van der Waals surface area contributed by atoms with Crippen LogP contribution in [0, 0.1) is 51.8 Å². The van der Waals surface area contributed by atoms with Gasteiger partial charge < -0.3 is 9.84 Å². The van der Waals surface area contributed by atoms with Crippen molar-refractivity contribution in [3.63, 3.8) is 0 Å². The van der Waals surface area contributed by atoms with Crippen molar-refractivity contribution in [3.05, 3.63) is 11.6 Å². The van der Waals surface area contributed by atoms with Crippen molar-refractivity contribution in [1.29, 1.82) is 0 Å². The minimum atomic E-state index is -0.0920. The van der Waals surface area contributed by atoms with Crippen molar-refractivity contribution in [1.82, 2.24) is 0 Å². The molecule has 7 rings (SSSR count). The van der Waals surface area contributed by atoms with E-state index in [1.54, 1.807) is 5.57 Å². The first kappa shape index (κ1) is 20.1. The normalized spacial score (nSPS) is 64.1. The molecule has 6 aliphatic carbocycles. The lowest BCUT2D eigenvalue weighted by molar-refractivity contribution is -0.147. The van der Waals surface area contributed by atoms with Crippen molar-refractivity contribution in [2.24, 2.45) is 51.8 Å². The van der Waals surface area contributed by atoms with E-state index in [1.165, 1.54) is 57.8 Å². The Morgan fingerprint density at radius 2 is 1.84 bits per heavy atom. The smallest absolute Gasteiger partial charge is 0.0774 e. The Balaban J connectivity index is 1.23. The number of hydrogen-bond acceptors (Lipinski definition) is 2. The summed E-state index contributed by atoms with van der Waals surface area (Å²) in [6, 6.07) is 0. The standard InChI is InChI=1S/C29H44O2/c1-17-5-7-21-18(2)29(31-25(21)13-17)12-10-23-22-8-6-19-14-20(30)9-11-26(19,3)24(22)15-28(23)16-27(28,29)4/h6,17-18,20-25,30H,5,7-16H2,1-4H3/t17-,18-,20+,21+,22+,23+,24+,25-,26+,27?,28?,29-/m1/s1. The zero-order valence-corrected chi connectivity index (χ0v) is 20.3. The summed E-state index contributed by atoms with van der Waals surface area (Å²) >= 11 is 0. The van der Waals surface area contributed by atoms with E-state index in [9.17, 15) is 5.11 Å². The Morgan fingerprint density at radius 3 is 2.68 bits per heavy atom. The van der Waals surface area contributed by atoms with Gasteiger partial charge in [0.1, 0.15) is 0 Å². The molecular weight excluding hydrogens is 380 g/mol.